The molecule has 1 aromatic rings. The highest BCUT2D eigenvalue weighted by molar-refractivity contribution is 5.89. The van der Waals surface area contributed by atoms with E-state index in [-0.39, 0.29) is 0 Å². The molecule has 21 heavy (non-hydrogen) atoms. The van der Waals surface area contributed by atoms with E-state index >= 15 is 0 Å². The molecule has 0 fully saturated rings. The Bertz CT molecular complexity index is 572. The minimum atomic E-state index is -1.42. The predicted molar refractivity (Wildman–Crippen MR) is 72.6 cm³/mol. The molecule has 2 rings (SSSR count). The van der Waals surface area contributed by atoms with E-state index in [2.05, 4.69) is 10.6 Å². The summed E-state index contributed by atoms with van der Waals surface area (Å²) in [5.74, 6) is -3.13. The van der Waals surface area contributed by atoms with Crippen LogP contribution in [0.1, 0.15) is 17.5 Å². The lowest BCUT2D eigenvalue weighted by Crippen LogP contribution is -2.52. The highest BCUT2D eigenvalue weighted by atomic mass is 16.4. The van der Waals surface area contributed by atoms with Crippen molar-refractivity contribution in [3.63, 3.8) is 0 Å². The van der Waals surface area contributed by atoms with Gasteiger partial charge >= 0.3 is 11.9 Å². The monoisotopic (exact) mass is 292 g/mol. The van der Waals surface area contributed by atoms with Crippen LogP contribution < -0.4 is 10.6 Å². The summed E-state index contributed by atoms with van der Waals surface area (Å²) in [7, 11) is 0. The van der Waals surface area contributed by atoms with Crippen LogP contribution in [0.2, 0.25) is 0 Å². The van der Waals surface area contributed by atoms with E-state index in [1.165, 1.54) is 0 Å². The van der Waals surface area contributed by atoms with Gasteiger partial charge in [-0.05, 0) is 17.5 Å². The Morgan fingerprint density at radius 3 is 2.52 bits per heavy atom. The van der Waals surface area contributed by atoms with Gasteiger partial charge in [0.2, 0.25) is 5.91 Å². The van der Waals surface area contributed by atoms with Crippen molar-refractivity contribution in [1.82, 2.24) is 10.6 Å². The molecule has 0 spiro atoms. The van der Waals surface area contributed by atoms with Gasteiger partial charge in [0.15, 0.2) is 0 Å². The third-order valence-corrected chi connectivity index (χ3v) is 3.39. The first-order chi connectivity index (χ1) is 9.97. The number of amides is 1. The average molecular weight is 292 g/mol. The van der Waals surface area contributed by atoms with Crippen molar-refractivity contribution in [3.05, 3.63) is 35.4 Å². The number of carboxylic acid groups (broad SMARTS) is 2. The first-order valence-corrected chi connectivity index (χ1v) is 6.52. The van der Waals surface area contributed by atoms with Crippen molar-refractivity contribution >= 4 is 17.8 Å². The molecular weight excluding hydrogens is 276 g/mol. The first-order valence-electron chi connectivity index (χ1n) is 6.52. The minimum Gasteiger partial charge on any atom is -0.481 e. The summed E-state index contributed by atoms with van der Waals surface area (Å²) in [6.45, 7) is 0.519. The molecule has 0 saturated carbocycles. The predicted octanol–water partition coefficient (Wildman–Crippen LogP) is -0.255. The molecule has 7 heteroatoms. The van der Waals surface area contributed by atoms with Crippen molar-refractivity contribution in [2.75, 3.05) is 0 Å². The van der Waals surface area contributed by atoms with Crippen LogP contribution in [0.15, 0.2) is 24.3 Å². The summed E-state index contributed by atoms with van der Waals surface area (Å²) in [5, 5.41) is 22.9. The normalized spacial score (nSPS) is 18.4. The minimum absolute atomic E-state index is 0.446. The Morgan fingerprint density at radius 2 is 1.90 bits per heavy atom. The number of benzene rings is 1. The van der Waals surface area contributed by atoms with Crippen molar-refractivity contribution in [3.8, 4) is 0 Å². The largest absolute Gasteiger partial charge is 0.481 e. The van der Waals surface area contributed by atoms with E-state index in [9.17, 15) is 14.4 Å². The van der Waals surface area contributed by atoms with Gasteiger partial charge in [0, 0.05) is 6.54 Å². The molecule has 1 aliphatic heterocycles. The fraction of sp³-hybridized carbons (Fsp3) is 0.357. The standard InChI is InChI=1S/C14H16N2O5/c17-12(18)6-11(14(20)21)16-13(19)10-5-8-3-1-2-4-9(8)7-15-10/h1-4,10-11,15H,5-7H2,(H,16,19)(H,17,18)(H,20,21). The number of hydrogen-bond donors (Lipinski definition) is 4. The summed E-state index contributed by atoms with van der Waals surface area (Å²) in [6.07, 6.45) is -0.203. The highest BCUT2D eigenvalue weighted by Crippen LogP contribution is 2.16. The van der Waals surface area contributed by atoms with Crippen molar-refractivity contribution in [1.29, 1.82) is 0 Å². The molecule has 0 aliphatic carbocycles. The van der Waals surface area contributed by atoms with Crippen LogP contribution in [0.3, 0.4) is 0 Å². The summed E-state index contributed by atoms with van der Waals surface area (Å²) in [5.41, 5.74) is 2.13. The molecule has 1 heterocycles. The van der Waals surface area contributed by atoms with Gasteiger partial charge in [-0.25, -0.2) is 4.79 Å². The van der Waals surface area contributed by atoms with Crippen LogP contribution in [-0.2, 0) is 27.3 Å². The van der Waals surface area contributed by atoms with E-state index in [0.717, 1.165) is 11.1 Å². The van der Waals surface area contributed by atoms with Gasteiger partial charge in [0.25, 0.3) is 0 Å². The second-order valence-electron chi connectivity index (χ2n) is 4.90. The lowest BCUT2D eigenvalue weighted by molar-refractivity contribution is -0.147. The Hall–Kier alpha value is -2.41. The number of fused-ring (bicyclic) bond motifs is 1. The molecular formula is C14H16N2O5. The Kier molecular flexibility index (Phi) is 4.54. The summed E-state index contributed by atoms with van der Waals surface area (Å²) in [6, 6.07) is 5.69. The lowest BCUT2D eigenvalue weighted by atomic mass is 9.95. The second-order valence-corrected chi connectivity index (χ2v) is 4.90. The number of carbonyl (C=O) groups is 3. The Morgan fingerprint density at radius 1 is 1.24 bits per heavy atom. The van der Waals surface area contributed by atoms with Crippen molar-refractivity contribution < 1.29 is 24.6 Å². The lowest BCUT2D eigenvalue weighted by Gasteiger charge is -2.26. The first kappa shape index (κ1) is 15.0. The van der Waals surface area contributed by atoms with E-state index in [1.807, 2.05) is 24.3 Å². The summed E-state index contributed by atoms with van der Waals surface area (Å²) >= 11 is 0. The van der Waals surface area contributed by atoms with Gasteiger partial charge in [-0.1, -0.05) is 24.3 Å². The molecule has 4 N–H and O–H groups in total. The van der Waals surface area contributed by atoms with Gasteiger partial charge in [0.05, 0.1) is 12.5 Å². The quantitative estimate of drug-likeness (QED) is 0.594. The molecule has 2 unspecified atom stereocenters. The van der Waals surface area contributed by atoms with Gasteiger partial charge in [-0.3, -0.25) is 9.59 Å². The fourth-order valence-electron chi connectivity index (χ4n) is 2.29. The van der Waals surface area contributed by atoms with E-state index < -0.39 is 36.4 Å². The summed E-state index contributed by atoms with van der Waals surface area (Å²) < 4.78 is 0. The van der Waals surface area contributed by atoms with Crippen LogP contribution >= 0.6 is 0 Å². The van der Waals surface area contributed by atoms with Gasteiger partial charge in [-0.15, -0.1) is 0 Å². The zero-order valence-corrected chi connectivity index (χ0v) is 11.2. The molecule has 112 valence electrons. The van der Waals surface area contributed by atoms with Gasteiger partial charge < -0.3 is 20.8 Å². The summed E-state index contributed by atoms with van der Waals surface area (Å²) in [4.78, 5) is 33.6. The topological polar surface area (TPSA) is 116 Å². The number of aliphatic carboxylic acids is 2. The third-order valence-electron chi connectivity index (χ3n) is 3.39. The molecule has 7 nitrogen and oxygen atoms in total. The maximum Gasteiger partial charge on any atom is 0.326 e. The van der Waals surface area contributed by atoms with Crippen molar-refractivity contribution in [2.24, 2.45) is 0 Å². The SMILES string of the molecule is O=C(O)CC(NC(=O)C1Cc2ccccc2CN1)C(=O)O. The molecule has 0 saturated heterocycles. The number of carboxylic acids is 2. The van der Waals surface area contributed by atoms with E-state index in [4.69, 9.17) is 10.2 Å². The number of carbonyl (C=O) groups excluding carboxylic acids is 1. The molecule has 0 bridgehead atoms. The van der Waals surface area contributed by atoms with Gasteiger partial charge in [0.1, 0.15) is 6.04 Å². The zero-order valence-electron chi connectivity index (χ0n) is 11.2. The van der Waals surface area contributed by atoms with Gasteiger partial charge in [-0.2, -0.15) is 0 Å². The highest BCUT2D eigenvalue weighted by Gasteiger charge is 2.29. The number of hydrogen-bond acceptors (Lipinski definition) is 4. The molecule has 1 aromatic carbocycles. The fourth-order valence-corrected chi connectivity index (χ4v) is 2.29. The third kappa shape index (κ3) is 3.79. The van der Waals surface area contributed by atoms with Crippen LogP contribution in [0, 0.1) is 0 Å². The average Bonchev–Trinajstić information content (AvgIpc) is 2.45. The maximum atomic E-state index is 12.1. The van der Waals surface area contributed by atoms with Crippen LogP contribution in [0.5, 0.6) is 0 Å². The van der Waals surface area contributed by atoms with Crippen LogP contribution in [0.25, 0.3) is 0 Å². The van der Waals surface area contributed by atoms with Crippen LogP contribution in [-0.4, -0.2) is 40.1 Å². The molecule has 1 aliphatic rings. The van der Waals surface area contributed by atoms with E-state index in [0.29, 0.717) is 13.0 Å². The van der Waals surface area contributed by atoms with Crippen molar-refractivity contribution in [2.45, 2.75) is 31.5 Å². The zero-order chi connectivity index (χ0) is 15.4. The molecule has 2 atom stereocenters. The maximum absolute atomic E-state index is 12.1. The van der Waals surface area contributed by atoms with Crippen LogP contribution in [0.4, 0.5) is 0 Å². The molecule has 0 aromatic heterocycles. The Balaban J connectivity index is 2.01. The number of rotatable bonds is 5. The second kappa shape index (κ2) is 6.36. The molecule has 1 amide bonds. The Labute approximate surface area is 121 Å². The molecule has 0 radical (unpaired) electrons. The van der Waals surface area contributed by atoms with E-state index in [1.54, 1.807) is 0 Å². The smallest absolute Gasteiger partial charge is 0.326 e. The number of nitrogens with one attached hydrogen (secondary N) is 2.